The molecule has 5 aliphatic rings. The number of aryl methyl sites for hydroxylation is 2. The maximum absolute atomic E-state index is 14.5. The summed E-state index contributed by atoms with van der Waals surface area (Å²) < 4.78 is 105. The average molecular weight is 1660 g/mol. The smallest absolute Gasteiger partial charge is 0.391 e. The van der Waals surface area contributed by atoms with E-state index in [1.54, 1.807) is 23.5 Å². The van der Waals surface area contributed by atoms with Crippen molar-refractivity contribution in [3.8, 4) is 10.4 Å². The molecule has 7 aromatic rings. The van der Waals surface area contributed by atoms with Crippen LogP contribution in [0.2, 0.25) is 5.02 Å². The Hall–Kier alpha value is -7.97. The van der Waals surface area contributed by atoms with Crippen LogP contribution in [0, 0.1) is 17.8 Å². The van der Waals surface area contributed by atoms with Crippen LogP contribution in [0.25, 0.3) is 16.0 Å². The fourth-order valence-electron chi connectivity index (χ4n) is 15.9. The number of hydrogen-bond acceptors (Lipinski definition) is 20. The highest BCUT2D eigenvalue weighted by Crippen LogP contribution is 2.45. The summed E-state index contributed by atoms with van der Waals surface area (Å²) in [6, 6.07) is 35.7. The number of nitrogens with zero attached hydrogens (tertiary/aromatic N) is 8. The molecule has 1 aliphatic carbocycles. The molecule has 4 aliphatic heterocycles. The maximum atomic E-state index is 14.5. The van der Waals surface area contributed by atoms with Gasteiger partial charge in [0.15, 0.2) is 0 Å². The number of aliphatic hydroxyl groups is 1. The highest BCUT2D eigenvalue weighted by Gasteiger charge is 2.49. The minimum absolute atomic E-state index is 0.00562. The Bertz CT molecular complexity index is 4730. The number of nitrogens with one attached hydrogen (secondary N) is 4. The predicted octanol–water partition coefficient (Wildman–Crippen LogP) is 12.5. The third kappa shape index (κ3) is 22.0. The summed E-state index contributed by atoms with van der Waals surface area (Å²) in [5.74, 6) is -0.852. The first kappa shape index (κ1) is 85.4. The number of sulfonamides is 1. The number of aliphatic hydroxyl groups excluding tert-OH is 1. The molecule has 6 heterocycles. The van der Waals surface area contributed by atoms with Gasteiger partial charge in [-0.3, -0.25) is 29.0 Å². The number of carbonyl (C=O) groups is 4. The minimum atomic E-state index is -6.11. The molecule has 0 bridgehead atoms. The Morgan fingerprint density at radius 3 is 2.17 bits per heavy atom. The quantitative estimate of drug-likeness (QED) is 0.0273. The zero-order chi connectivity index (χ0) is 81.1. The van der Waals surface area contributed by atoms with Crippen LogP contribution in [0.1, 0.15) is 125 Å². The van der Waals surface area contributed by atoms with Gasteiger partial charge < -0.3 is 45.4 Å². The van der Waals surface area contributed by atoms with Crippen molar-refractivity contribution in [2.24, 2.45) is 10.8 Å². The molecule has 0 spiro atoms. The fraction of sp³-hybridized carbons (Fsp3) is 0.476. The third-order valence-corrected chi connectivity index (χ3v) is 27.6. The Labute approximate surface area is 681 Å². The summed E-state index contributed by atoms with van der Waals surface area (Å²) in [5.41, 5.74) is 3.51. The van der Waals surface area contributed by atoms with Crippen LogP contribution >= 0.6 is 34.7 Å². The number of thioether (sulfide) groups is 1. The molecule has 5 N–H and O–H groups in total. The number of sulfone groups is 1. The predicted molar refractivity (Wildman–Crippen MR) is 443 cm³/mol. The van der Waals surface area contributed by atoms with E-state index in [1.807, 2.05) is 118 Å². The summed E-state index contributed by atoms with van der Waals surface area (Å²) in [6.45, 7) is 22.9. The Balaban J connectivity index is 0.604. The maximum Gasteiger partial charge on any atom is 0.501 e. The second-order valence-electron chi connectivity index (χ2n) is 32.0. The van der Waals surface area contributed by atoms with E-state index in [1.165, 1.54) is 45.5 Å². The highest BCUT2D eigenvalue weighted by molar-refractivity contribution is 7.99. The van der Waals surface area contributed by atoms with Crippen LogP contribution in [-0.4, -0.2) is 215 Å². The molecule has 2 aromatic heterocycles. The lowest BCUT2D eigenvalue weighted by atomic mass is 9.71. The summed E-state index contributed by atoms with van der Waals surface area (Å²) >= 11 is 9.44. The van der Waals surface area contributed by atoms with E-state index in [0.29, 0.717) is 75.5 Å². The molecule has 6 atom stereocenters. The number of aromatic nitrogens is 2. The van der Waals surface area contributed by atoms with Crippen molar-refractivity contribution in [2.45, 2.75) is 150 Å². The molecule has 0 radical (unpaired) electrons. The van der Waals surface area contributed by atoms with Gasteiger partial charge in [0.05, 0.1) is 45.4 Å². The van der Waals surface area contributed by atoms with E-state index < -0.39 is 82.3 Å². The van der Waals surface area contributed by atoms with Gasteiger partial charge in [-0.05, 0) is 170 Å². The normalized spacial score (nSPS) is 20.1. The Morgan fingerprint density at radius 2 is 1.49 bits per heavy atom. The van der Waals surface area contributed by atoms with Crippen LogP contribution in [0.4, 0.5) is 30.4 Å². The Morgan fingerprint density at radius 1 is 0.789 bits per heavy atom. The van der Waals surface area contributed by atoms with Gasteiger partial charge in [0, 0.05) is 150 Å². The second kappa shape index (κ2) is 37.5. The molecule has 22 nitrogen and oxygen atoms in total. The lowest BCUT2D eigenvalue weighted by Gasteiger charge is -2.44. The number of allylic oxidation sites excluding steroid dienone is 1. The summed E-state index contributed by atoms with van der Waals surface area (Å²) in [4.78, 5) is 77.9. The van der Waals surface area contributed by atoms with Gasteiger partial charge in [-0.15, -0.1) is 23.1 Å². The molecule has 4 amide bonds. The number of alkyl halides is 3. The number of halogens is 4. The monoisotopic (exact) mass is 1660 g/mol. The van der Waals surface area contributed by atoms with Gasteiger partial charge in [-0.1, -0.05) is 106 Å². The number of β-amino-alcohol motifs (C(OH)–C–C–N with tert-alkyl or cyclic N) is 1. The van der Waals surface area contributed by atoms with Gasteiger partial charge in [-0.25, -0.2) is 31.5 Å². The highest BCUT2D eigenvalue weighted by atomic mass is 35.5. The number of carbonyl (C=O) groups excluding carboxylic acids is 4. The first-order chi connectivity index (χ1) is 54.3. The number of ether oxygens (including phenoxy) is 1. The molecular formula is C84H104ClF3N12O10S4. The van der Waals surface area contributed by atoms with E-state index in [9.17, 15) is 54.3 Å². The van der Waals surface area contributed by atoms with Crippen molar-refractivity contribution in [3.05, 3.63) is 184 Å². The first-order valence-corrected chi connectivity index (χ1v) is 44.4. The van der Waals surface area contributed by atoms with Crippen LogP contribution in [0.15, 0.2) is 165 Å². The largest absolute Gasteiger partial charge is 0.501 e. The molecule has 5 aromatic carbocycles. The number of likely N-dealkylation sites (tertiary alicyclic amines) is 1. The standard InChI is InChI=1S/C84H104ClF3N12O10S4/c1-57(60-17-19-62(20-18-60)77-58(2)90-56-112-77)91-80(104)73-48-68(101)53-100(73)81(105)78(82(3,4)5)93-76(102)15-10-12-59-16-31-75(89-51-59)99-43-39-97(40-44-99)55-83(6)34-32-71(61-21-25-65(85)26-22-61)64(50-83)52-96-37-41-98(42-38-96)67-27-23-63(24-28-67)79(103)94-114(108,109)70-29-30-72(74(49-70)113(106,107)84(86,87)88)92-66(54-111-69-13-8-7-9-14-69)33-36-95-35-11-46-110-47-45-95/h7-9,13-14,16-31,49,51,56-57,66,68,73,78,92,101H,10-12,15,32-48,50,52-55H2,1-6H3,(H,91,104)(H,93,102)(H,94,103)/t57-,66+,68+,73-,78+,83+/m0/s1. The number of amides is 4. The van der Waals surface area contributed by atoms with E-state index >= 15 is 0 Å². The molecule has 114 heavy (non-hydrogen) atoms. The van der Waals surface area contributed by atoms with E-state index in [4.69, 9.17) is 21.3 Å². The van der Waals surface area contributed by atoms with Gasteiger partial charge >= 0.3 is 5.51 Å². The van der Waals surface area contributed by atoms with Crippen molar-refractivity contribution >= 4 is 101 Å². The van der Waals surface area contributed by atoms with E-state index in [0.717, 1.165) is 140 Å². The van der Waals surface area contributed by atoms with Crippen LogP contribution in [0.5, 0.6) is 0 Å². The van der Waals surface area contributed by atoms with Crippen molar-refractivity contribution in [3.63, 3.8) is 0 Å². The second-order valence-corrected chi connectivity index (χ2v) is 38.0. The Kier molecular flexibility index (Phi) is 28.1. The van der Waals surface area contributed by atoms with Crippen molar-refractivity contribution in [2.75, 3.05) is 126 Å². The van der Waals surface area contributed by atoms with Gasteiger partial charge in [-0.2, -0.15) is 13.2 Å². The first-order valence-electron chi connectivity index (χ1n) is 39.2. The SMILES string of the molecule is Cc1ncsc1-c1ccc([C@H](C)NC(=O)[C@@H]2C[C@@H](O)CN2C(=O)[C@@H](NC(=O)CCCc2ccc(N3CCN(C[C@]4(C)CCC(c5ccc(Cl)cc5)=C(CN5CCN(c6ccc(C(=O)NS(=O)(=O)c7ccc(N[C@H](CCN8CCCOCC8)CSc8ccccc8)c(S(=O)(=O)C(F)(F)F)c7)cc6)CC5)C4)CC3)nc2)C(C)(C)C)cc1. The van der Waals surface area contributed by atoms with Crippen molar-refractivity contribution < 1.29 is 59.0 Å². The van der Waals surface area contributed by atoms with Crippen LogP contribution in [-0.2, 0) is 45.4 Å². The number of pyridine rings is 1. The average Bonchev–Trinajstić information content (AvgIpc) is 1.28. The number of rotatable bonds is 29. The zero-order valence-corrected chi connectivity index (χ0v) is 69.5. The number of piperazine rings is 2. The molecule has 12 rings (SSSR count). The van der Waals surface area contributed by atoms with E-state index in [2.05, 4.69) is 76.6 Å². The molecule has 4 saturated heterocycles. The fourth-order valence-corrected chi connectivity index (χ4v) is 19.8. The number of anilines is 3. The summed E-state index contributed by atoms with van der Waals surface area (Å²) in [6.07, 6.45) is 6.48. The molecule has 30 heteroatoms. The molecule has 612 valence electrons. The number of hydrogen-bond donors (Lipinski definition) is 5. The lowest BCUT2D eigenvalue weighted by molar-refractivity contribution is -0.144. The molecular weight excluding hydrogens is 1560 g/mol. The third-order valence-electron chi connectivity index (χ3n) is 22.3. The number of thiazole rings is 1. The molecule has 0 saturated carbocycles. The van der Waals surface area contributed by atoms with Gasteiger partial charge in [0.25, 0.3) is 25.8 Å². The summed E-state index contributed by atoms with van der Waals surface area (Å²) in [7, 11) is -11.0. The van der Waals surface area contributed by atoms with Gasteiger partial charge in [0.1, 0.15) is 22.8 Å². The zero-order valence-electron chi connectivity index (χ0n) is 65.5. The lowest BCUT2D eigenvalue weighted by Crippen LogP contribution is -2.57. The van der Waals surface area contributed by atoms with Crippen molar-refractivity contribution in [1.82, 2.24) is 44.9 Å². The van der Waals surface area contributed by atoms with Crippen LogP contribution in [0.3, 0.4) is 0 Å². The summed E-state index contributed by atoms with van der Waals surface area (Å²) in [5, 5.41) is 20.6. The van der Waals surface area contributed by atoms with Crippen molar-refractivity contribution in [1.29, 1.82) is 0 Å². The number of benzene rings is 5. The van der Waals surface area contributed by atoms with E-state index in [-0.39, 0.29) is 48.2 Å². The van der Waals surface area contributed by atoms with Crippen LogP contribution < -0.4 is 30.5 Å². The topological polar surface area (TPSA) is 259 Å². The molecule has 0 unspecified atom stereocenters. The molecule has 4 fully saturated rings. The van der Waals surface area contributed by atoms with Gasteiger partial charge in [0.2, 0.25) is 17.7 Å². The minimum Gasteiger partial charge on any atom is -0.391 e.